The highest BCUT2D eigenvalue weighted by atomic mass is 31.2. The minimum Gasteiger partial charge on any atom is -0.480 e. The fourth-order valence-corrected chi connectivity index (χ4v) is 0.858. The predicted molar refractivity (Wildman–Crippen MR) is 38.6 cm³/mol. The van der Waals surface area contributed by atoms with Crippen molar-refractivity contribution in [1.29, 1.82) is 0 Å². The van der Waals surface area contributed by atoms with Crippen LogP contribution >= 0.6 is 7.82 Å². The van der Waals surface area contributed by atoms with Gasteiger partial charge in [-0.15, -0.1) is 0 Å². The Labute approximate surface area is 76.9 Å². The van der Waals surface area contributed by atoms with Crippen molar-refractivity contribution in [3.8, 4) is 0 Å². The van der Waals surface area contributed by atoms with Gasteiger partial charge in [0, 0.05) is 0 Å². The van der Waals surface area contributed by atoms with Crippen LogP contribution in [0.5, 0.6) is 0 Å². The minimum atomic E-state index is -4.85. The molecule has 0 spiro atoms. The zero-order valence-corrected chi connectivity index (χ0v) is 7.53. The molecular weight excluding hydrogens is 227 g/mol. The van der Waals surface area contributed by atoms with Gasteiger partial charge in [-0.3, -0.25) is 9.32 Å². The Balaban J connectivity index is 4.11. The average molecular weight is 235 g/mol. The van der Waals surface area contributed by atoms with Crippen molar-refractivity contribution < 1.29 is 37.6 Å². The summed E-state index contributed by atoms with van der Waals surface area (Å²) in [6, 6.07) is -1.87. The van der Waals surface area contributed by atoms with E-state index in [0.717, 1.165) is 0 Å². The Morgan fingerprint density at radius 1 is 1.50 bits per heavy atom. The van der Waals surface area contributed by atoms with E-state index in [1.54, 1.807) is 0 Å². The first-order valence-electron chi connectivity index (χ1n) is 3.19. The number of halogens is 2. The van der Waals surface area contributed by atoms with E-state index in [0.29, 0.717) is 0 Å². The topological polar surface area (TPSA) is 116 Å². The van der Waals surface area contributed by atoms with Crippen LogP contribution in [-0.4, -0.2) is 40.1 Å². The Bertz CT molecular complexity index is 242. The fraction of sp³-hybridized carbons (Fsp3) is 0.750. The standard InChI is InChI=1S/C4H8F2NO6P/c5-4(6)7-2(3(8)9)1-13-14(10,11)12/h2,4,7H,1H2,(H,8,9)(H2,10,11,12)/t2-/m0/s1. The van der Waals surface area contributed by atoms with Gasteiger partial charge in [0.25, 0.3) is 6.55 Å². The Morgan fingerprint density at radius 2 is 2.00 bits per heavy atom. The van der Waals surface area contributed by atoms with Crippen LogP contribution in [0.4, 0.5) is 8.78 Å². The predicted octanol–water partition coefficient (Wildman–Crippen LogP) is -0.639. The highest BCUT2D eigenvalue weighted by Gasteiger charge is 2.25. The Kier molecular flexibility index (Phi) is 5.09. The number of carboxylic acid groups (broad SMARTS) is 1. The van der Waals surface area contributed by atoms with E-state index in [1.807, 2.05) is 0 Å². The molecule has 0 saturated carbocycles. The summed E-state index contributed by atoms with van der Waals surface area (Å²) in [6.07, 6.45) is 0. The highest BCUT2D eigenvalue weighted by molar-refractivity contribution is 7.46. The maximum Gasteiger partial charge on any atom is 0.469 e. The minimum absolute atomic E-state index is 1.05. The molecule has 0 radical (unpaired) electrons. The molecule has 0 aliphatic rings. The van der Waals surface area contributed by atoms with Crippen molar-refractivity contribution in [2.75, 3.05) is 6.61 Å². The summed E-state index contributed by atoms with van der Waals surface area (Å²) >= 11 is 0. The molecule has 1 atom stereocenters. The second kappa shape index (κ2) is 5.32. The van der Waals surface area contributed by atoms with Gasteiger partial charge in [-0.1, -0.05) is 0 Å². The molecule has 0 amide bonds. The molecule has 0 aliphatic carbocycles. The number of rotatable bonds is 6. The molecule has 84 valence electrons. The van der Waals surface area contributed by atoms with Crippen molar-refractivity contribution in [3.63, 3.8) is 0 Å². The first kappa shape index (κ1) is 13.4. The molecule has 0 saturated heterocycles. The lowest BCUT2D eigenvalue weighted by Crippen LogP contribution is -2.42. The molecule has 4 N–H and O–H groups in total. The van der Waals surface area contributed by atoms with Crippen molar-refractivity contribution >= 4 is 13.8 Å². The number of carbonyl (C=O) groups is 1. The SMILES string of the molecule is O=C(O)[C@H](COP(=O)(O)O)NC(F)F. The summed E-state index contributed by atoms with van der Waals surface area (Å²) in [7, 11) is -4.85. The lowest BCUT2D eigenvalue weighted by Gasteiger charge is -2.13. The van der Waals surface area contributed by atoms with Crippen LogP contribution in [0.25, 0.3) is 0 Å². The molecule has 7 nitrogen and oxygen atoms in total. The second-order valence-corrected chi connectivity index (χ2v) is 3.38. The second-order valence-electron chi connectivity index (χ2n) is 2.14. The molecule has 0 aromatic heterocycles. The maximum atomic E-state index is 11.6. The molecule has 0 bridgehead atoms. The first-order chi connectivity index (χ1) is 6.22. The van der Waals surface area contributed by atoms with Crippen LogP contribution < -0.4 is 5.32 Å². The van der Waals surface area contributed by atoms with E-state index in [9.17, 15) is 18.1 Å². The van der Waals surface area contributed by atoms with Crippen LogP contribution in [0.15, 0.2) is 0 Å². The molecule has 0 aliphatic heterocycles. The molecule has 10 heteroatoms. The third-order valence-electron chi connectivity index (χ3n) is 1.03. The summed E-state index contributed by atoms with van der Waals surface area (Å²) in [6.45, 7) is -4.17. The fourth-order valence-electron chi connectivity index (χ4n) is 0.514. The van der Waals surface area contributed by atoms with Crippen molar-refractivity contribution in [3.05, 3.63) is 0 Å². The van der Waals surface area contributed by atoms with Gasteiger partial charge in [-0.05, 0) is 0 Å². The summed E-state index contributed by atoms with van der Waals surface area (Å²) < 4.78 is 37.1. The summed E-state index contributed by atoms with van der Waals surface area (Å²) in [5.41, 5.74) is 0. The van der Waals surface area contributed by atoms with E-state index in [1.165, 1.54) is 5.32 Å². The number of hydrogen-bond acceptors (Lipinski definition) is 4. The zero-order valence-electron chi connectivity index (χ0n) is 6.63. The third-order valence-corrected chi connectivity index (χ3v) is 1.52. The maximum absolute atomic E-state index is 11.6. The zero-order chi connectivity index (χ0) is 11.4. The van der Waals surface area contributed by atoms with E-state index in [-0.39, 0.29) is 0 Å². The number of aliphatic carboxylic acids is 1. The molecule has 14 heavy (non-hydrogen) atoms. The quantitative estimate of drug-likeness (QED) is 0.357. The molecule has 0 fully saturated rings. The molecule has 0 heterocycles. The van der Waals surface area contributed by atoms with Crippen LogP contribution in [0, 0.1) is 0 Å². The molecule has 0 aromatic rings. The van der Waals surface area contributed by atoms with E-state index >= 15 is 0 Å². The number of hydrogen-bond donors (Lipinski definition) is 4. The van der Waals surface area contributed by atoms with Crippen molar-refractivity contribution in [1.82, 2.24) is 5.32 Å². The summed E-state index contributed by atoms with van der Waals surface area (Å²) in [4.78, 5) is 26.5. The van der Waals surface area contributed by atoms with Crippen LogP contribution in [0.3, 0.4) is 0 Å². The monoisotopic (exact) mass is 235 g/mol. The van der Waals surface area contributed by atoms with Crippen LogP contribution in [0.1, 0.15) is 0 Å². The average Bonchev–Trinajstić information content (AvgIpc) is 1.94. The lowest BCUT2D eigenvalue weighted by atomic mass is 10.3. The van der Waals surface area contributed by atoms with Gasteiger partial charge in [-0.25, -0.2) is 9.88 Å². The first-order valence-corrected chi connectivity index (χ1v) is 4.72. The number of alkyl halides is 2. The van der Waals surface area contributed by atoms with Gasteiger partial charge in [0.15, 0.2) is 0 Å². The van der Waals surface area contributed by atoms with E-state index in [4.69, 9.17) is 14.9 Å². The van der Waals surface area contributed by atoms with Gasteiger partial charge >= 0.3 is 13.8 Å². The summed E-state index contributed by atoms with van der Waals surface area (Å²) in [5.74, 6) is -1.70. The molecule has 0 unspecified atom stereocenters. The molecule has 0 rings (SSSR count). The van der Waals surface area contributed by atoms with Crippen LogP contribution in [0.2, 0.25) is 0 Å². The van der Waals surface area contributed by atoms with Crippen LogP contribution in [-0.2, 0) is 13.9 Å². The van der Waals surface area contributed by atoms with Gasteiger partial charge in [0.05, 0.1) is 6.61 Å². The van der Waals surface area contributed by atoms with E-state index < -0.39 is 33.0 Å². The largest absolute Gasteiger partial charge is 0.480 e. The highest BCUT2D eigenvalue weighted by Crippen LogP contribution is 2.35. The number of carboxylic acids is 1. The van der Waals surface area contributed by atoms with Gasteiger partial charge in [0.1, 0.15) is 6.04 Å². The van der Waals surface area contributed by atoms with Crippen molar-refractivity contribution in [2.24, 2.45) is 0 Å². The van der Waals surface area contributed by atoms with Crippen molar-refractivity contribution in [2.45, 2.75) is 12.6 Å². The lowest BCUT2D eigenvalue weighted by molar-refractivity contribution is -0.141. The Hall–Kier alpha value is -0.600. The van der Waals surface area contributed by atoms with E-state index in [2.05, 4.69) is 4.52 Å². The van der Waals surface area contributed by atoms with Gasteiger partial charge in [0.2, 0.25) is 0 Å². The number of phosphoric ester groups is 1. The van der Waals surface area contributed by atoms with Gasteiger partial charge < -0.3 is 14.9 Å². The number of phosphoric acid groups is 1. The number of nitrogens with one attached hydrogen (secondary N) is 1. The third kappa shape index (κ3) is 6.87. The Morgan fingerprint density at radius 3 is 2.29 bits per heavy atom. The molecule has 0 aromatic carbocycles. The molecular formula is C4H8F2NO6P. The smallest absolute Gasteiger partial charge is 0.469 e. The normalized spacial score (nSPS) is 14.4. The van der Waals surface area contributed by atoms with Gasteiger partial charge in [-0.2, -0.15) is 8.78 Å². The summed E-state index contributed by atoms with van der Waals surface area (Å²) in [5, 5.41) is 9.54.